The van der Waals surface area contributed by atoms with E-state index in [1.54, 1.807) is 0 Å². The van der Waals surface area contributed by atoms with Crippen molar-refractivity contribution in [2.75, 3.05) is 0 Å². The molecule has 6 heteroatoms. The van der Waals surface area contributed by atoms with E-state index in [0.717, 1.165) is 0 Å². The average Bonchev–Trinajstić information content (AvgIpc) is 0.722. The Morgan fingerprint density at radius 2 is 1.14 bits per heavy atom. The van der Waals surface area contributed by atoms with Crippen LogP contribution in [0, 0.1) is 0 Å². The van der Waals surface area contributed by atoms with E-state index in [9.17, 15) is 0 Å². The van der Waals surface area contributed by atoms with Gasteiger partial charge in [0, 0.05) is 0 Å². The third-order valence-electron chi connectivity index (χ3n) is 0. The van der Waals surface area contributed by atoms with Gasteiger partial charge in [-0.1, -0.05) is 7.43 Å². The van der Waals surface area contributed by atoms with Crippen LogP contribution in [0.15, 0.2) is 0 Å². The van der Waals surface area contributed by atoms with Gasteiger partial charge in [0.1, 0.15) is 0 Å². The van der Waals surface area contributed by atoms with Crippen molar-refractivity contribution < 1.29 is 80.0 Å². The molecule has 0 heterocycles. The SMILES string of the molecule is C.[K+].[O]=[Mn](=[O])(=[O])[O-]. The normalized spacial score (nSPS) is 8.14. The first-order valence-corrected chi connectivity index (χ1v) is 2.54. The average molecular weight is 174 g/mol. The van der Waals surface area contributed by atoms with Gasteiger partial charge in [0.2, 0.25) is 0 Å². The summed E-state index contributed by atoms with van der Waals surface area (Å²) >= 11 is -5.62. The molecule has 0 aromatic carbocycles. The molecule has 7 heavy (non-hydrogen) atoms. The van der Waals surface area contributed by atoms with E-state index >= 15 is 0 Å². The minimum atomic E-state index is -5.62. The van der Waals surface area contributed by atoms with Crippen molar-refractivity contribution in [2.24, 2.45) is 0 Å². The van der Waals surface area contributed by atoms with Crippen molar-refractivity contribution in [3.8, 4) is 0 Å². The van der Waals surface area contributed by atoms with E-state index in [1.165, 1.54) is 0 Å². The molecule has 0 amide bonds. The summed E-state index contributed by atoms with van der Waals surface area (Å²) in [6.45, 7) is 0. The van der Waals surface area contributed by atoms with E-state index in [1.807, 2.05) is 0 Å². The van der Waals surface area contributed by atoms with E-state index in [4.69, 9.17) is 15.7 Å². The summed E-state index contributed by atoms with van der Waals surface area (Å²) in [6.07, 6.45) is 0. The fourth-order valence-corrected chi connectivity index (χ4v) is 0. The summed E-state index contributed by atoms with van der Waals surface area (Å²) in [5, 5.41) is 0. The first-order valence-electron chi connectivity index (χ1n) is 0.617. The van der Waals surface area contributed by atoms with Crippen LogP contribution in [0.1, 0.15) is 7.43 Å². The van der Waals surface area contributed by atoms with Gasteiger partial charge >= 0.3 is 80.0 Å². The number of hydrogen-bond acceptors (Lipinski definition) is 4. The molecule has 0 spiro atoms. The summed E-state index contributed by atoms with van der Waals surface area (Å²) in [6, 6.07) is 0. The van der Waals surface area contributed by atoms with Crippen LogP contribution in [0.3, 0.4) is 0 Å². The topological polar surface area (TPSA) is 74.3 Å². The molecule has 0 saturated carbocycles. The number of hydrogen-bond donors (Lipinski definition) is 0. The Hall–Kier alpha value is 1.52. The third kappa shape index (κ3) is 99.5. The summed E-state index contributed by atoms with van der Waals surface area (Å²) < 4.78 is 34.3. The van der Waals surface area contributed by atoms with Crippen molar-refractivity contribution >= 4 is 0 Å². The summed E-state index contributed by atoms with van der Waals surface area (Å²) in [5.74, 6) is 0. The fourth-order valence-electron chi connectivity index (χ4n) is 0. The van der Waals surface area contributed by atoms with Crippen molar-refractivity contribution in [3.63, 3.8) is 0 Å². The van der Waals surface area contributed by atoms with E-state index in [0.29, 0.717) is 0 Å². The molecule has 0 aliphatic heterocycles. The molecule has 0 atom stereocenters. The molecule has 0 aromatic heterocycles. The van der Waals surface area contributed by atoms with Crippen molar-refractivity contribution in [2.45, 2.75) is 7.43 Å². The van der Waals surface area contributed by atoms with Gasteiger partial charge in [-0.2, -0.15) is 0 Å². The molecular weight excluding hydrogens is 170 g/mol. The predicted octanol–water partition coefficient (Wildman–Crippen LogP) is -3.91. The molecule has 4 nitrogen and oxygen atoms in total. The maximum absolute atomic E-state index is 8.58. The van der Waals surface area contributed by atoms with Gasteiger partial charge in [-0.05, 0) is 0 Å². The van der Waals surface area contributed by atoms with Gasteiger partial charge in [0.05, 0.1) is 0 Å². The molecule has 0 aliphatic rings. The first-order chi connectivity index (χ1) is 2.00. The van der Waals surface area contributed by atoms with Gasteiger partial charge in [0.25, 0.3) is 0 Å². The van der Waals surface area contributed by atoms with Crippen LogP contribution in [0.5, 0.6) is 0 Å². The summed E-state index contributed by atoms with van der Waals surface area (Å²) in [5.41, 5.74) is 0. The molecule has 0 saturated heterocycles. The third-order valence-corrected chi connectivity index (χ3v) is 0. The van der Waals surface area contributed by atoms with Crippen LogP contribution >= 0.6 is 0 Å². The fraction of sp³-hybridized carbons (Fsp3) is 1.00. The number of rotatable bonds is 0. The van der Waals surface area contributed by atoms with E-state index in [-0.39, 0.29) is 58.8 Å². The quantitative estimate of drug-likeness (QED) is 0.352. The van der Waals surface area contributed by atoms with E-state index < -0.39 is 13.0 Å². The molecular formula is CH4KMnO4. The predicted molar refractivity (Wildman–Crippen MR) is 8.79 cm³/mol. The standard InChI is InChI=1S/CH4.K.Mn.4O/h1H4;;;;;;/q;+1;;;;;-1. The van der Waals surface area contributed by atoms with Crippen LogP contribution in [0.25, 0.3) is 0 Å². The molecule has 0 aliphatic carbocycles. The molecule has 0 fully saturated rings. The zero-order chi connectivity index (χ0) is 4.50. The Labute approximate surface area is 85.9 Å². The maximum atomic E-state index is 8.58. The van der Waals surface area contributed by atoms with Crippen LogP contribution in [0.2, 0.25) is 0 Å². The van der Waals surface area contributed by atoms with Gasteiger partial charge in [-0.15, -0.1) is 0 Å². The molecule has 0 radical (unpaired) electrons. The Kier molecular flexibility index (Phi) is 12.8. The molecule has 0 rings (SSSR count). The van der Waals surface area contributed by atoms with Gasteiger partial charge in [-0.3, -0.25) is 0 Å². The Morgan fingerprint density at radius 1 is 1.14 bits per heavy atom. The molecule has 0 bridgehead atoms. The molecule has 0 unspecified atom stereocenters. The second kappa shape index (κ2) is 5.65. The van der Waals surface area contributed by atoms with Crippen molar-refractivity contribution in [3.05, 3.63) is 0 Å². The van der Waals surface area contributed by atoms with Gasteiger partial charge in [0.15, 0.2) is 0 Å². The zero-order valence-electron chi connectivity index (χ0n) is 3.01. The second-order valence-electron chi connectivity index (χ2n) is 0.378. The Morgan fingerprint density at radius 3 is 1.14 bits per heavy atom. The summed E-state index contributed by atoms with van der Waals surface area (Å²) in [4.78, 5) is 0. The minimum absolute atomic E-state index is 0. The van der Waals surface area contributed by atoms with Gasteiger partial charge < -0.3 is 0 Å². The van der Waals surface area contributed by atoms with Crippen LogP contribution in [0.4, 0.5) is 0 Å². The van der Waals surface area contributed by atoms with E-state index in [2.05, 4.69) is 0 Å². The van der Waals surface area contributed by atoms with Crippen molar-refractivity contribution in [1.29, 1.82) is 0 Å². The first kappa shape index (κ1) is 15.8. The van der Waals surface area contributed by atoms with Gasteiger partial charge in [-0.25, -0.2) is 0 Å². The van der Waals surface area contributed by atoms with Crippen molar-refractivity contribution in [1.82, 2.24) is 0 Å². The molecule has 0 N–H and O–H groups in total. The van der Waals surface area contributed by atoms with Crippen LogP contribution < -0.4 is 55.6 Å². The van der Waals surface area contributed by atoms with Crippen LogP contribution in [-0.4, -0.2) is 0 Å². The second-order valence-corrected chi connectivity index (χ2v) is 1.56. The molecule has 40 valence electrons. The summed E-state index contributed by atoms with van der Waals surface area (Å²) in [7, 11) is 0. The monoisotopic (exact) mass is 174 g/mol. The Bertz CT molecular complexity index is 133. The molecule has 0 aromatic rings. The van der Waals surface area contributed by atoms with Crippen LogP contribution in [-0.2, 0) is 24.5 Å². The zero-order valence-corrected chi connectivity index (χ0v) is 7.31. The Balaban J connectivity index is -0.0000000800.